The molecule has 0 saturated heterocycles. The summed E-state index contributed by atoms with van der Waals surface area (Å²) in [4.78, 5) is 19.2. The minimum absolute atomic E-state index is 0.0409. The van der Waals surface area contributed by atoms with Crippen LogP contribution in [0.4, 0.5) is 0 Å². The Hall–Kier alpha value is -2.45. The highest BCUT2D eigenvalue weighted by atomic mass is 35.5. The molecule has 0 unspecified atom stereocenters. The molecule has 1 amide bonds. The molecule has 2 rings (SSSR count). The molecule has 0 fully saturated rings. The number of hydrogen-bond acceptors (Lipinski definition) is 4. The van der Waals surface area contributed by atoms with E-state index in [1.165, 1.54) is 24.5 Å². The van der Waals surface area contributed by atoms with Crippen LogP contribution in [-0.2, 0) is 9.84 Å². The molecule has 0 aliphatic heterocycles. The number of halogens is 1. The molecule has 1 aromatic carbocycles. The third kappa shape index (κ3) is 3.85. The third-order valence-corrected chi connectivity index (χ3v) is 4.37. The zero-order valence-electron chi connectivity index (χ0n) is 12.0. The molecule has 9 heteroatoms. The van der Waals surface area contributed by atoms with Crippen molar-refractivity contribution < 1.29 is 13.2 Å². The van der Waals surface area contributed by atoms with Gasteiger partial charge < -0.3 is 11.5 Å². The van der Waals surface area contributed by atoms with E-state index in [0.717, 1.165) is 6.26 Å². The van der Waals surface area contributed by atoms with Crippen LogP contribution in [0, 0.1) is 0 Å². The second-order valence-electron chi connectivity index (χ2n) is 4.68. The van der Waals surface area contributed by atoms with E-state index >= 15 is 0 Å². The van der Waals surface area contributed by atoms with Crippen molar-refractivity contribution in [2.75, 3.05) is 6.26 Å². The van der Waals surface area contributed by atoms with Crippen LogP contribution in [0.3, 0.4) is 0 Å². The van der Waals surface area contributed by atoms with Gasteiger partial charge >= 0.3 is 0 Å². The van der Waals surface area contributed by atoms with Gasteiger partial charge in [-0.2, -0.15) is 4.99 Å². The summed E-state index contributed by atoms with van der Waals surface area (Å²) in [5, 5.41) is 0.0409. The lowest BCUT2D eigenvalue weighted by Crippen LogP contribution is -2.24. The van der Waals surface area contributed by atoms with Crippen LogP contribution in [0.2, 0.25) is 5.02 Å². The average Bonchev–Trinajstić information content (AvgIpc) is 2.45. The minimum atomic E-state index is -3.63. The minimum Gasteiger partial charge on any atom is -0.370 e. The van der Waals surface area contributed by atoms with E-state index < -0.39 is 21.7 Å². The summed E-state index contributed by atoms with van der Waals surface area (Å²) in [6.45, 7) is 0. The number of hydrogen-bond donors (Lipinski definition) is 2. The zero-order valence-corrected chi connectivity index (χ0v) is 13.6. The molecule has 120 valence electrons. The summed E-state index contributed by atoms with van der Waals surface area (Å²) < 4.78 is 24.2. The van der Waals surface area contributed by atoms with Gasteiger partial charge in [-0.05, 0) is 29.8 Å². The molecular formula is C14H13ClN4O3S. The second kappa shape index (κ2) is 6.35. The zero-order chi connectivity index (χ0) is 17.2. The number of amides is 1. The van der Waals surface area contributed by atoms with Crippen LogP contribution < -0.4 is 11.5 Å². The SMILES string of the molecule is CS(=O)(=O)c1cc(C(=O)N=C(N)N)c(Cl)cc1-c1ccncc1. The normalized spacial score (nSPS) is 11.0. The van der Waals surface area contributed by atoms with Gasteiger partial charge in [0.15, 0.2) is 15.8 Å². The van der Waals surface area contributed by atoms with Crippen molar-refractivity contribution >= 4 is 33.3 Å². The molecule has 0 spiro atoms. The van der Waals surface area contributed by atoms with Crippen molar-refractivity contribution in [1.29, 1.82) is 0 Å². The molecular weight excluding hydrogens is 340 g/mol. The first-order valence-corrected chi connectivity index (χ1v) is 8.55. The molecule has 0 aliphatic carbocycles. The molecule has 0 saturated carbocycles. The molecule has 1 aromatic heterocycles. The summed E-state index contributed by atoms with van der Waals surface area (Å²) in [6, 6.07) is 5.83. The van der Waals surface area contributed by atoms with Crippen molar-refractivity contribution in [1.82, 2.24) is 4.98 Å². The van der Waals surface area contributed by atoms with E-state index in [-0.39, 0.29) is 15.5 Å². The number of rotatable bonds is 3. The van der Waals surface area contributed by atoms with Crippen molar-refractivity contribution in [3.05, 3.63) is 47.2 Å². The lowest BCUT2D eigenvalue weighted by molar-refractivity contribution is 0.100. The van der Waals surface area contributed by atoms with E-state index in [1.807, 2.05) is 0 Å². The molecule has 4 N–H and O–H groups in total. The number of aliphatic imine (C=N–C) groups is 1. The maximum atomic E-state index is 12.1. The van der Waals surface area contributed by atoms with Gasteiger partial charge in [0.05, 0.1) is 15.5 Å². The summed E-state index contributed by atoms with van der Waals surface area (Å²) in [5.41, 5.74) is 11.2. The summed E-state index contributed by atoms with van der Waals surface area (Å²) in [5.74, 6) is -1.26. The maximum Gasteiger partial charge on any atom is 0.281 e. The lowest BCUT2D eigenvalue weighted by atomic mass is 10.0. The Kier molecular flexibility index (Phi) is 4.67. The van der Waals surface area contributed by atoms with E-state index in [0.29, 0.717) is 11.1 Å². The Morgan fingerprint density at radius 2 is 1.83 bits per heavy atom. The summed E-state index contributed by atoms with van der Waals surface area (Å²) in [6.07, 6.45) is 4.08. The van der Waals surface area contributed by atoms with Gasteiger partial charge in [0.2, 0.25) is 0 Å². The van der Waals surface area contributed by atoms with Crippen molar-refractivity contribution in [3.8, 4) is 11.1 Å². The highest BCUT2D eigenvalue weighted by Gasteiger charge is 2.21. The summed E-state index contributed by atoms with van der Waals surface area (Å²) >= 11 is 6.10. The van der Waals surface area contributed by atoms with E-state index in [1.54, 1.807) is 12.1 Å². The number of nitrogens with zero attached hydrogens (tertiary/aromatic N) is 2. The van der Waals surface area contributed by atoms with Crippen LogP contribution >= 0.6 is 11.6 Å². The number of nitrogens with two attached hydrogens (primary N) is 2. The van der Waals surface area contributed by atoms with Gasteiger partial charge in [-0.1, -0.05) is 11.6 Å². The van der Waals surface area contributed by atoms with Crippen molar-refractivity contribution in [2.24, 2.45) is 16.5 Å². The standard InChI is InChI=1S/C14H13ClN4O3S/c1-23(21,22)12-7-10(13(20)19-14(16)17)11(15)6-9(12)8-2-4-18-5-3-8/h2-7H,1H3,(H4,16,17,19,20). The predicted octanol–water partition coefficient (Wildman–Crippen LogP) is 1.22. The molecule has 0 radical (unpaired) electrons. The van der Waals surface area contributed by atoms with Gasteiger partial charge in [-0.3, -0.25) is 9.78 Å². The number of benzene rings is 1. The molecule has 2 aromatic rings. The van der Waals surface area contributed by atoms with Crippen LogP contribution in [0.5, 0.6) is 0 Å². The van der Waals surface area contributed by atoms with Gasteiger partial charge in [0, 0.05) is 24.2 Å². The first-order valence-electron chi connectivity index (χ1n) is 6.28. The Morgan fingerprint density at radius 3 is 2.35 bits per heavy atom. The highest BCUT2D eigenvalue weighted by molar-refractivity contribution is 7.90. The molecule has 0 aliphatic rings. The smallest absolute Gasteiger partial charge is 0.281 e. The van der Waals surface area contributed by atoms with Crippen LogP contribution in [0.25, 0.3) is 11.1 Å². The largest absolute Gasteiger partial charge is 0.370 e. The van der Waals surface area contributed by atoms with E-state index in [4.69, 9.17) is 23.1 Å². The van der Waals surface area contributed by atoms with Gasteiger partial charge in [-0.15, -0.1) is 0 Å². The fraction of sp³-hybridized carbons (Fsp3) is 0.0714. The first kappa shape index (κ1) is 16.9. The molecule has 0 atom stereocenters. The number of carbonyl (C=O) groups is 1. The molecule has 23 heavy (non-hydrogen) atoms. The van der Waals surface area contributed by atoms with Crippen LogP contribution in [0.15, 0.2) is 46.5 Å². The van der Waals surface area contributed by atoms with Gasteiger partial charge in [0.1, 0.15) is 0 Å². The Morgan fingerprint density at radius 1 is 1.22 bits per heavy atom. The molecule has 1 heterocycles. The van der Waals surface area contributed by atoms with Gasteiger partial charge in [0.25, 0.3) is 5.91 Å². The summed E-state index contributed by atoms with van der Waals surface area (Å²) in [7, 11) is -3.63. The third-order valence-electron chi connectivity index (χ3n) is 2.92. The predicted molar refractivity (Wildman–Crippen MR) is 87.9 cm³/mol. The van der Waals surface area contributed by atoms with Crippen LogP contribution in [-0.4, -0.2) is 31.5 Å². The van der Waals surface area contributed by atoms with E-state index in [9.17, 15) is 13.2 Å². The number of sulfone groups is 1. The monoisotopic (exact) mass is 352 g/mol. The quantitative estimate of drug-likeness (QED) is 0.631. The van der Waals surface area contributed by atoms with Crippen molar-refractivity contribution in [2.45, 2.75) is 4.90 Å². The maximum absolute atomic E-state index is 12.1. The number of guanidine groups is 1. The number of aromatic nitrogens is 1. The topological polar surface area (TPSA) is 128 Å². The number of pyridine rings is 1. The van der Waals surface area contributed by atoms with E-state index in [2.05, 4.69) is 9.98 Å². The van der Waals surface area contributed by atoms with Crippen molar-refractivity contribution in [3.63, 3.8) is 0 Å². The fourth-order valence-electron chi connectivity index (χ4n) is 1.96. The molecule has 0 bridgehead atoms. The highest BCUT2D eigenvalue weighted by Crippen LogP contribution is 2.32. The average molecular weight is 353 g/mol. The number of carbonyl (C=O) groups excluding carboxylic acids is 1. The molecule has 7 nitrogen and oxygen atoms in total. The Bertz CT molecular complexity index is 892. The lowest BCUT2D eigenvalue weighted by Gasteiger charge is -2.11. The Labute approximate surface area is 137 Å². The second-order valence-corrected chi connectivity index (χ2v) is 7.07. The first-order chi connectivity index (χ1) is 10.7. The van der Waals surface area contributed by atoms with Crippen LogP contribution in [0.1, 0.15) is 10.4 Å². The van der Waals surface area contributed by atoms with Gasteiger partial charge in [-0.25, -0.2) is 8.42 Å². The fourth-order valence-corrected chi connectivity index (χ4v) is 3.11. The Balaban J connectivity index is 2.74.